The van der Waals surface area contributed by atoms with E-state index in [1.54, 1.807) is 0 Å². The lowest BCUT2D eigenvalue weighted by Gasteiger charge is -2.33. The van der Waals surface area contributed by atoms with Crippen molar-refractivity contribution in [2.24, 2.45) is 0 Å². The highest BCUT2D eigenvalue weighted by Gasteiger charge is 2.34. The smallest absolute Gasteiger partial charge is 0.162 e. The summed E-state index contributed by atoms with van der Waals surface area (Å²) < 4.78 is 5.99. The average Bonchev–Trinajstić information content (AvgIpc) is 3.06. The molecule has 2 unspecified atom stereocenters. The largest absolute Gasteiger partial charge is 0.399 e. The van der Waals surface area contributed by atoms with Crippen molar-refractivity contribution < 1.29 is 4.74 Å². The van der Waals surface area contributed by atoms with Crippen molar-refractivity contribution in [2.75, 3.05) is 23.7 Å². The maximum absolute atomic E-state index is 5.99. The van der Waals surface area contributed by atoms with Gasteiger partial charge in [-0.3, -0.25) is 0 Å². The third kappa shape index (κ3) is 3.26. The Balaban J connectivity index is 1.59. The summed E-state index contributed by atoms with van der Waals surface area (Å²) in [6, 6.07) is 20.1. The van der Waals surface area contributed by atoms with Gasteiger partial charge < -0.3 is 15.4 Å². The Labute approximate surface area is 158 Å². The van der Waals surface area contributed by atoms with E-state index in [4.69, 9.17) is 20.4 Å². The van der Waals surface area contributed by atoms with Crippen LogP contribution >= 0.6 is 0 Å². The quantitative estimate of drug-likeness (QED) is 0.722. The van der Waals surface area contributed by atoms with Gasteiger partial charge in [-0.05, 0) is 37.1 Å². The molecular weight excluding hydrogens is 336 g/mol. The third-order valence-corrected chi connectivity index (χ3v) is 5.32. The maximum atomic E-state index is 5.99. The molecule has 5 rings (SSSR count). The van der Waals surface area contributed by atoms with Crippen LogP contribution in [0, 0.1) is 0 Å². The first-order chi connectivity index (χ1) is 13.2. The number of nitrogens with zero attached hydrogens (tertiary/aromatic N) is 3. The number of ether oxygens (including phenoxy) is 1. The lowest BCUT2D eigenvalue weighted by Crippen LogP contribution is -2.43. The molecule has 2 atom stereocenters. The molecule has 2 aliphatic rings. The zero-order valence-electron chi connectivity index (χ0n) is 15.1. The van der Waals surface area contributed by atoms with Crippen molar-refractivity contribution >= 4 is 11.5 Å². The van der Waals surface area contributed by atoms with Gasteiger partial charge in [-0.1, -0.05) is 30.3 Å². The number of fused-ring (bicyclic) bond motifs is 2. The van der Waals surface area contributed by atoms with E-state index in [0.29, 0.717) is 12.2 Å². The molecule has 0 radical (unpaired) electrons. The van der Waals surface area contributed by atoms with Crippen LogP contribution in [0.25, 0.3) is 22.6 Å². The Morgan fingerprint density at radius 1 is 0.852 bits per heavy atom. The molecule has 3 aromatic rings. The van der Waals surface area contributed by atoms with Crippen LogP contribution in [0.3, 0.4) is 0 Å². The second kappa shape index (κ2) is 6.67. The van der Waals surface area contributed by atoms with Crippen LogP contribution in [0.15, 0.2) is 60.7 Å². The molecule has 136 valence electrons. The Bertz CT molecular complexity index is 930. The minimum absolute atomic E-state index is 0.318. The first kappa shape index (κ1) is 16.3. The first-order valence-electron chi connectivity index (χ1n) is 9.45. The molecule has 0 aliphatic carbocycles. The van der Waals surface area contributed by atoms with Crippen molar-refractivity contribution in [3.05, 3.63) is 60.7 Å². The van der Waals surface area contributed by atoms with Crippen LogP contribution in [0.2, 0.25) is 0 Å². The van der Waals surface area contributed by atoms with Gasteiger partial charge in [0.05, 0.1) is 17.9 Å². The molecule has 2 saturated heterocycles. The zero-order chi connectivity index (χ0) is 18.2. The fourth-order valence-electron chi connectivity index (χ4n) is 3.92. The normalized spacial score (nSPS) is 21.4. The summed E-state index contributed by atoms with van der Waals surface area (Å²) in [5, 5.41) is 0. The fraction of sp³-hybridized carbons (Fsp3) is 0.273. The van der Waals surface area contributed by atoms with E-state index in [-0.39, 0.29) is 0 Å². The summed E-state index contributed by atoms with van der Waals surface area (Å²) in [6.07, 6.45) is 2.92. The minimum atomic E-state index is 0.318. The molecule has 2 N–H and O–H groups in total. The fourth-order valence-corrected chi connectivity index (χ4v) is 3.92. The molecule has 3 heterocycles. The van der Waals surface area contributed by atoms with E-state index in [1.807, 2.05) is 42.5 Å². The van der Waals surface area contributed by atoms with Gasteiger partial charge in [0, 0.05) is 36.0 Å². The second-order valence-corrected chi connectivity index (χ2v) is 7.29. The summed E-state index contributed by atoms with van der Waals surface area (Å²) in [5.41, 5.74) is 9.59. The number of hydrogen-bond donors (Lipinski definition) is 1. The van der Waals surface area contributed by atoms with Crippen molar-refractivity contribution in [3.8, 4) is 22.6 Å². The average molecular weight is 358 g/mol. The highest BCUT2D eigenvalue weighted by Crippen LogP contribution is 2.32. The van der Waals surface area contributed by atoms with E-state index >= 15 is 0 Å². The monoisotopic (exact) mass is 358 g/mol. The molecule has 2 bridgehead atoms. The summed E-state index contributed by atoms with van der Waals surface area (Å²) in [4.78, 5) is 12.1. The van der Waals surface area contributed by atoms with Crippen LogP contribution in [-0.2, 0) is 4.74 Å². The van der Waals surface area contributed by atoms with E-state index in [2.05, 4.69) is 23.1 Å². The highest BCUT2D eigenvalue weighted by atomic mass is 16.5. The number of morpholine rings is 1. The maximum Gasteiger partial charge on any atom is 0.162 e. The first-order valence-corrected chi connectivity index (χ1v) is 9.45. The van der Waals surface area contributed by atoms with E-state index < -0.39 is 0 Å². The number of benzene rings is 2. The Morgan fingerprint density at radius 3 is 2.26 bits per heavy atom. The lowest BCUT2D eigenvalue weighted by atomic mass is 10.1. The van der Waals surface area contributed by atoms with Crippen LogP contribution in [0.5, 0.6) is 0 Å². The number of nitrogens with two attached hydrogens (primary N) is 1. The van der Waals surface area contributed by atoms with Crippen LogP contribution in [0.4, 0.5) is 11.5 Å². The van der Waals surface area contributed by atoms with Crippen molar-refractivity contribution in [3.63, 3.8) is 0 Å². The number of anilines is 2. The number of hydrogen-bond acceptors (Lipinski definition) is 5. The number of rotatable bonds is 3. The molecular formula is C22H22N4O. The number of aromatic nitrogens is 2. The van der Waals surface area contributed by atoms with Gasteiger partial charge in [0.2, 0.25) is 0 Å². The highest BCUT2D eigenvalue weighted by molar-refractivity contribution is 5.68. The zero-order valence-corrected chi connectivity index (χ0v) is 15.1. The summed E-state index contributed by atoms with van der Waals surface area (Å²) >= 11 is 0. The predicted molar refractivity (Wildman–Crippen MR) is 107 cm³/mol. The van der Waals surface area contributed by atoms with Gasteiger partial charge in [-0.25, -0.2) is 9.97 Å². The number of nitrogen functional groups attached to an aromatic ring is 1. The SMILES string of the molecule is Nc1ccc(-c2nc(-c3ccccc3)cc(N3CC4CCC(C3)O4)n2)cc1. The summed E-state index contributed by atoms with van der Waals surface area (Å²) in [6.45, 7) is 1.78. The predicted octanol–water partition coefficient (Wildman–Crippen LogP) is 3.76. The molecule has 5 heteroatoms. The minimum Gasteiger partial charge on any atom is -0.399 e. The van der Waals surface area contributed by atoms with Gasteiger partial charge in [-0.15, -0.1) is 0 Å². The second-order valence-electron chi connectivity index (χ2n) is 7.29. The third-order valence-electron chi connectivity index (χ3n) is 5.32. The Hall–Kier alpha value is -2.92. The Morgan fingerprint density at radius 2 is 1.56 bits per heavy atom. The molecule has 0 amide bonds. The topological polar surface area (TPSA) is 64.3 Å². The van der Waals surface area contributed by atoms with Crippen molar-refractivity contribution in [1.82, 2.24) is 9.97 Å². The molecule has 2 aliphatic heterocycles. The van der Waals surface area contributed by atoms with Gasteiger partial charge in [0.15, 0.2) is 5.82 Å². The van der Waals surface area contributed by atoms with Gasteiger partial charge in [-0.2, -0.15) is 0 Å². The summed E-state index contributed by atoms with van der Waals surface area (Å²) in [5.74, 6) is 1.70. The molecule has 5 nitrogen and oxygen atoms in total. The Kier molecular flexibility index (Phi) is 4.02. The van der Waals surface area contributed by atoms with Gasteiger partial charge in [0.25, 0.3) is 0 Å². The molecule has 1 aromatic heterocycles. The van der Waals surface area contributed by atoms with E-state index in [9.17, 15) is 0 Å². The molecule has 2 fully saturated rings. The summed E-state index contributed by atoms with van der Waals surface area (Å²) in [7, 11) is 0. The van der Waals surface area contributed by atoms with Crippen LogP contribution < -0.4 is 10.6 Å². The van der Waals surface area contributed by atoms with Crippen molar-refractivity contribution in [2.45, 2.75) is 25.0 Å². The standard InChI is InChI=1S/C22H22N4O/c23-17-8-6-16(7-9-17)22-24-20(15-4-2-1-3-5-15)12-21(25-22)26-13-18-10-11-19(14-26)27-18/h1-9,12,18-19H,10-11,13-14,23H2. The van der Waals surface area contributed by atoms with Gasteiger partial charge in [0.1, 0.15) is 5.82 Å². The van der Waals surface area contributed by atoms with E-state index in [1.165, 1.54) is 0 Å². The van der Waals surface area contributed by atoms with Gasteiger partial charge >= 0.3 is 0 Å². The molecule has 0 saturated carbocycles. The lowest BCUT2D eigenvalue weighted by molar-refractivity contribution is 0.0302. The van der Waals surface area contributed by atoms with E-state index in [0.717, 1.165) is 60.1 Å². The molecule has 2 aromatic carbocycles. The molecule has 27 heavy (non-hydrogen) atoms. The molecule has 0 spiro atoms. The van der Waals surface area contributed by atoms with Crippen LogP contribution in [-0.4, -0.2) is 35.3 Å². The van der Waals surface area contributed by atoms with Crippen molar-refractivity contribution in [1.29, 1.82) is 0 Å². The van der Waals surface area contributed by atoms with Crippen LogP contribution in [0.1, 0.15) is 12.8 Å².